The summed E-state index contributed by atoms with van der Waals surface area (Å²) >= 11 is 1.43. The van der Waals surface area contributed by atoms with Gasteiger partial charge in [0.25, 0.3) is 0 Å². The van der Waals surface area contributed by atoms with Crippen molar-refractivity contribution in [2.24, 2.45) is 0 Å². The lowest BCUT2D eigenvalue weighted by molar-refractivity contribution is 0.112. The van der Waals surface area contributed by atoms with Crippen molar-refractivity contribution >= 4 is 22.8 Å². The Morgan fingerprint density at radius 1 is 1.63 bits per heavy atom. The molecule has 1 aliphatic rings. The van der Waals surface area contributed by atoms with E-state index in [9.17, 15) is 4.79 Å². The molecule has 0 aliphatic carbocycles. The van der Waals surface area contributed by atoms with Crippen molar-refractivity contribution in [3.63, 3.8) is 0 Å². The van der Waals surface area contributed by atoms with E-state index in [1.165, 1.54) is 11.3 Å². The molecule has 2 rings (SSSR count). The predicted octanol–water partition coefficient (Wildman–Crippen LogP) is 2.11. The van der Waals surface area contributed by atoms with Gasteiger partial charge >= 0.3 is 0 Å². The molecule has 19 heavy (non-hydrogen) atoms. The average Bonchev–Trinajstić information content (AvgIpc) is 3.05. The molecule has 1 aliphatic heterocycles. The number of carbonyl (C=O) groups excluding carboxylic acids is 1. The van der Waals surface area contributed by atoms with E-state index in [0.29, 0.717) is 11.5 Å². The number of aldehydes is 1. The summed E-state index contributed by atoms with van der Waals surface area (Å²) in [5.41, 5.74) is 0.725. The Labute approximate surface area is 117 Å². The van der Waals surface area contributed by atoms with Crippen molar-refractivity contribution < 1.29 is 14.3 Å². The maximum absolute atomic E-state index is 11.0. The summed E-state index contributed by atoms with van der Waals surface area (Å²) in [6, 6.07) is 0. The van der Waals surface area contributed by atoms with Gasteiger partial charge in [-0.25, -0.2) is 4.98 Å². The van der Waals surface area contributed by atoms with Crippen LogP contribution in [0.2, 0.25) is 0 Å². The first-order valence-corrected chi connectivity index (χ1v) is 7.40. The van der Waals surface area contributed by atoms with Crippen LogP contribution >= 0.6 is 11.3 Å². The first-order valence-electron chi connectivity index (χ1n) is 6.58. The minimum Gasteiger partial charge on any atom is -0.378 e. The first kappa shape index (κ1) is 14.4. The van der Waals surface area contributed by atoms with Gasteiger partial charge in [0.1, 0.15) is 0 Å². The summed E-state index contributed by atoms with van der Waals surface area (Å²) in [6.45, 7) is 5.02. The summed E-state index contributed by atoms with van der Waals surface area (Å²) in [5.74, 6) is 0. The maximum Gasteiger partial charge on any atom is 0.186 e. The minimum atomic E-state index is 0.286. The molecule has 2 heterocycles. The fourth-order valence-electron chi connectivity index (χ4n) is 2.19. The number of hydrogen-bond donors (Lipinski definition) is 0. The molecular weight excluding hydrogens is 264 g/mol. The molecule has 1 unspecified atom stereocenters. The van der Waals surface area contributed by atoms with Crippen LogP contribution in [0.25, 0.3) is 0 Å². The normalized spacial score (nSPS) is 18.7. The second kappa shape index (κ2) is 6.98. The van der Waals surface area contributed by atoms with Crippen molar-refractivity contribution in [2.45, 2.75) is 32.5 Å². The molecule has 0 N–H and O–H groups in total. The Hall–Kier alpha value is -0.980. The van der Waals surface area contributed by atoms with Crippen LogP contribution in [0, 0.1) is 0 Å². The predicted molar refractivity (Wildman–Crippen MR) is 75.1 cm³/mol. The molecule has 0 saturated carbocycles. The molecule has 1 aromatic rings. The first-order chi connectivity index (χ1) is 9.28. The van der Waals surface area contributed by atoms with Crippen LogP contribution in [-0.4, -0.2) is 44.2 Å². The highest BCUT2D eigenvalue weighted by Gasteiger charge is 2.21. The van der Waals surface area contributed by atoms with E-state index >= 15 is 0 Å². The topological polar surface area (TPSA) is 51.7 Å². The van der Waals surface area contributed by atoms with Crippen LogP contribution in [0.5, 0.6) is 0 Å². The molecule has 1 atom stereocenters. The third-order valence-corrected chi connectivity index (χ3v) is 4.29. The van der Waals surface area contributed by atoms with E-state index in [1.807, 2.05) is 0 Å². The number of methoxy groups -OCH3 is 1. The van der Waals surface area contributed by atoms with E-state index in [2.05, 4.69) is 16.8 Å². The van der Waals surface area contributed by atoms with Gasteiger partial charge < -0.3 is 14.4 Å². The Morgan fingerprint density at radius 3 is 3.05 bits per heavy atom. The number of rotatable bonds is 7. The van der Waals surface area contributed by atoms with Gasteiger partial charge in [-0.3, -0.25) is 4.79 Å². The van der Waals surface area contributed by atoms with Gasteiger partial charge in [-0.1, -0.05) is 11.3 Å². The van der Waals surface area contributed by atoms with Gasteiger partial charge in [-0.2, -0.15) is 0 Å². The van der Waals surface area contributed by atoms with Crippen molar-refractivity contribution in [3.8, 4) is 0 Å². The van der Waals surface area contributed by atoms with Gasteiger partial charge in [0.05, 0.1) is 23.3 Å². The number of carbonyl (C=O) groups is 1. The van der Waals surface area contributed by atoms with Crippen LogP contribution < -0.4 is 4.90 Å². The van der Waals surface area contributed by atoms with Crippen molar-refractivity contribution in [1.82, 2.24) is 4.98 Å². The zero-order valence-corrected chi connectivity index (χ0v) is 12.2. The average molecular weight is 284 g/mol. The van der Waals surface area contributed by atoms with Gasteiger partial charge in [-0.15, -0.1) is 0 Å². The molecule has 5 nitrogen and oxygen atoms in total. The molecule has 0 amide bonds. The quantitative estimate of drug-likeness (QED) is 0.718. The van der Waals surface area contributed by atoms with Gasteiger partial charge in [-0.05, 0) is 19.8 Å². The number of nitrogens with zero attached hydrogens (tertiary/aromatic N) is 2. The summed E-state index contributed by atoms with van der Waals surface area (Å²) in [5, 5.41) is 0.882. The third kappa shape index (κ3) is 3.52. The van der Waals surface area contributed by atoms with E-state index in [4.69, 9.17) is 9.47 Å². The van der Waals surface area contributed by atoms with E-state index in [0.717, 1.165) is 49.6 Å². The van der Waals surface area contributed by atoms with Crippen molar-refractivity contribution in [3.05, 3.63) is 10.6 Å². The van der Waals surface area contributed by atoms with Gasteiger partial charge in [0.15, 0.2) is 11.4 Å². The monoisotopic (exact) mass is 284 g/mol. The fraction of sp³-hybridized carbons (Fsp3) is 0.692. The lowest BCUT2D eigenvalue weighted by Gasteiger charge is -2.23. The number of thiazole rings is 1. The zero-order chi connectivity index (χ0) is 13.7. The van der Waals surface area contributed by atoms with Gasteiger partial charge in [0.2, 0.25) is 0 Å². The van der Waals surface area contributed by atoms with E-state index in [1.54, 1.807) is 7.11 Å². The highest BCUT2D eigenvalue weighted by Crippen LogP contribution is 2.27. The Kier molecular flexibility index (Phi) is 5.30. The van der Waals surface area contributed by atoms with Gasteiger partial charge in [0, 0.05) is 26.8 Å². The smallest absolute Gasteiger partial charge is 0.186 e. The second-order valence-corrected chi connectivity index (χ2v) is 5.54. The molecule has 1 fully saturated rings. The van der Waals surface area contributed by atoms with Crippen LogP contribution in [0.4, 0.5) is 5.13 Å². The molecule has 1 saturated heterocycles. The summed E-state index contributed by atoms with van der Waals surface area (Å²) in [6.07, 6.45) is 3.38. The second-order valence-electron chi connectivity index (χ2n) is 4.53. The number of aromatic nitrogens is 1. The highest BCUT2D eigenvalue weighted by molar-refractivity contribution is 7.17. The van der Waals surface area contributed by atoms with Crippen molar-refractivity contribution in [2.75, 3.05) is 31.7 Å². The van der Waals surface area contributed by atoms with Crippen LogP contribution in [0.1, 0.15) is 35.1 Å². The third-order valence-electron chi connectivity index (χ3n) is 3.20. The molecule has 0 spiro atoms. The number of likely N-dealkylation sites (N-methyl/N-ethyl adjacent to an activating group) is 1. The molecule has 0 bridgehead atoms. The van der Waals surface area contributed by atoms with Crippen LogP contribution in [0.15, 0.2) is 0 Å². The van der Waals surface area contributed by atoms with E-state index < -0.39 is 0 Å². The Balaban J connectivity index is 2.10. The zero-order valence-electron chi connectivity index (χ0n) is 11.4. The summed E-state index contributed by atoms with van der Waals surface area (Å²) in [7, 11) is 1.61. The highest BCUT2D eigenvalue weighted by atomic mass is 32.1. The molecule has 0 radical (unpaired) electrons. The molecule has 6 heteroatoms. The largest absolute Gasteiger partial charge is 0.378 e. The van der Waals surface area contributed by atoms with E-state index in [-0.39, 0.29) is 6.10 Å². The van der Waals surface area contributed by atoms with Crippen LogP contribution in [0.3, 0.4) is 0 Å². The molecular formula is C13H20N2O3S. The molecule has 0 aromatic carbocycles. The fourth-order valence-corrected chi connectivity index (χ4v) is 3.15. The SMILES string of the molecule is CCN(CC1CCCO1)c1nc(COC)c(C=O)s1. The number of anilines is 1. The number of hydrogen-bond acceptors (Lipinski definition) is 6. The Morgan fingerprint density at radius 2 is 2.47 bits per heavy atom. The summed E-state index contributed by atoms with van der Waals surface area (Å²) < 4.78 is 10.7. The molecule has 106 valence electrons. The molecule has 1 aromatic heterocycles. The van der Waals surface area contributed by atoms with Crippen molar-refractivity contribution in [1.29, 1.82) is 0 Å². The lowest BCUT2D eigenvalue weighted by atomic mass is 10.2. The number of ether oxygens (including phenoxy) is 2. The lowest BCUT2D eigenvalue weighted by Crippen LogP contribution is -2.31. The Bertz CT molecular complexity index is 416. The minimum absolute atomic E-state index is 0.286. The summed E-state index contributed by atoms with van der Waals surface area (Å²) in [4.78, 5) is 18.4. The van der Waals surface area contributed by atoms with Crippen LogP contribution in [-0.2, 0) is 16.1 Å². The standard InChI is InChI=1S/C13H20N2O3S/c1-3-15(7-10-5-4-6-18-10)13-14-11(9-17-2)12(8-16)19-13/h8,10H,3-7,9H2,1-2H3. The maximum atomic E-state index is 11.0.